The van der Waals surface area contributed by atoms with E-state index in [1.54, 1.807) is 22.6 Å². The fraction of sp³-hybridized carbons (Fsp3) is 0.0769. The molecule has 22 heavy (non-hydrogen) atoms. The van der Waals surface area contributed by atoms with E-state index in [4.69, 9.17) is 6.42 Å². The van der Waals surface area contributed by atoms with Gasteiger partial charge >= 0.3 is 0 Å². The molecule has 0 spiro atoms. The van der Waals surface area contributed by atoms with E-state index in [0.29, 0.717) is 11.8 Å². The molecule has 0 bridgehead atoms. The first-order chi connectivity index (χ1) is 10.3. The predicted molar refractivity (Wildman–Crippen MR) is 89.0 cm³/mol. The summed E-state index contributed by atoms with van der Waals surface area (Å²) in [5.41, 5.74) is -0.138. The van der Waals surface area contributed by atoms with Gasteiger partial charge in [-0.1, -0.05) is 5.92 Å². The molecule has 0 saturated carbocycles. The number of aromatic hydroxyl groups is 1. The fourth-order valence-corrected chi connectivity index (χ4v) is 3.15. The number of hydrogen-bond acceptors (Lipinski definition) is 6. The number of thioether (sulfide) groups is 1. The number of phenolic OH excluding ortho intramolecular Hbond substituents is 1. The number of hydrogen-bond donors (Lipinski definition) is 1. The summed E-state index contributed by atoms with van der Waals surface area (Å²) in [7, 11) is 0. The minimum absolute atomic E-state index is 0.0480. The summed E-state index contributed by atoms with van der Waals surface area (Å²) < 4.78 is 0.265. The Morgan fingerprint density at radius 2 is 2.18 bits per heavy atom. The van der Waals surface area contributed by atoms with Crippen molar-refractivity contribution in [2.45, 2.75) is 0 Å². The average Bonchev–Trinajstić information content (AvgIpc) is 2.71. The summed E-state index contributed by atoms with van der Waals surface area (Å²) in [6.45, 7) is -0.152. The standard InChI is InChI=1S/C13H7IN2O5S/c1-2-3-15-12(18)10(22-13(15)19)5-7-4-8(16(20)21)6-9(14)11(7)17/h1,4-6,17H,3H2/b10-5+. The van der Waals surface area contributed by atoms with Crippen LogP contribution in [0, 0.1) is 26.0 Å². The number of carbonyl (C=O) groups excluding carboxylic acids is 2. The van der Waals surface area contributed by atoms with E-state index in [1.165, 1.54) is 12.1 Å². The third-order valence-electron chi connectivity index (χ3n) is 2.70. The second-order valence-electron chi connectivity index (χ2n) is 4.09. The van der Waals surface area contributed by atoms with E-state index in [1.807, 2.05) is 0 Å². The maximum absolute atomic E-state index is 12.0. The Labute approximate surface area is 142 Å². The summed E-state index contributed by atoms with van der Waals surface area (Å²) in [4.78, 5) is 34.9. The van der Waals surface area contributed by atoms with Crippen LogP contribution in [0.25, 0.3) is 6.08 Å². The molecule has 1 aromatic carbocycles. The molecule has 9 heteroatoms. The number of phenols is 1. The number of benzene rings is 1. The Balaban J connectivity index is 2.46. The normalized spacial score (nSPS) is 16.2. The van der Waals surface area contributed by atoms with Crippen molar-refractivity contribution in [1.82, 2.24) is 4.90 Å². The topological polar surface area (TPSA) is 101 Å². The van der Waals surface area contributed by atoms with Crippen molar-refractivity contribution in [2.75, 3.05) is 6.54 Å². The smallest absolute Gasteiger partial charge is 0.294 e. The minimum Gasteiger partial charge on any atom is -0.506 e. The monoisotopic (exact) mass is 430 g/mol. The molecule has 0 atom stereocenters. The molecule has 0 radical (unpaired) electrons. The molecule has 1 N–H and O–H groups in total. The van der Waals surface area contributed by atoms with Gasteiger partial charge in [0, 0.05) is 17.7 Å². The second-order valence-corrected chi connectivity index (χ2v) is 6.25. The van der Waals surface area contributed by atoms with E-state index >= 15 is 0 Å². The van der Waals surface area contributed by atoms with Crippen LogP contribution in [-0.4, -0.2) is 32.6 Å². The number of halogens is 1. The number of carbonyl (C=O) groups is 2. The summed E-state index contributed by atoms with van der Waals surface area (Å²) >= 11 is 2.41. The Kier molecular flexibility index (Phi) is 4.72. The van der Waals surface area contributed by atoms with Crippen molar-refractivity contribution in [3.63, 3.8) is 0 Å². The first kappa shape index (κ1) is 16.3. The zero-order valence-electron chi connectivity index (χ0n) is 10.8. The molecular formula is C13H7IN2O5S. The lowest BCUT2D eigenvalue weighted by Crippen LogP contribution is -2.28. The van der Waals surface area contributed by atoms with Gasteiger partial charge in [-0.2, -0.15) is 0 Å². The van der Waals surface area contributed by atoms with Crippen molar-refractivity contribution in [3.8, 4) is 18.1 Å². The first-order valence-corrected chi connectivity index (χ1v) is 7.60. The number of terminal acetylenes is 1. The van der Waals surface area contributed by atoms with Crippen molar-refractivity contribution >= 4 is 57.3 Å². The highest BCUT2D eigenvalue weighted by molar-refractivity contribution is 14.1. The van der Waals surface area contributed by atoms with Crippen LogP contribution in [0.4, 0.5) is 10.5 Å². The predicted octanol–water partition coefficient (Wildman–Crippen LogP) is 2.57. The second kappa shape index (κ2) is 6.37. The number of non-ortho nitro benzene ring substituents is 1. The zero-order valence-corrected chi connectivity index (χ0v) is 13.8. The molecule has 0 unspecified atom stereocenters. The van der Waals surface area contributed by atoms with Crippen LogP contribution in [0.15, 0.2) is 17.0 Å². The van der Waals surface area contributed by atoms with Gasteiger partial charge in [-0.3, -0.25) is 24.6 Å². The Morgan fingerprint density at radius 1 is 1.50 bits per heavy atom. The van der Waals surface area contributed by atoms with Gasteiger partial charge in [0.05, 0.1) is 19.9 Å². The number of nitro benzene ring substituents is 1. The molecule has 1 fully saturated rings. The van der Waals surface area contributed by atoms with Crippen LogP contribution in [0.3, 0.4) is 0 Å². The highest BCUT2D eigenvalue weighted by Gasteiger charge is 2.34. The quantitative estimate of drug-likeness (QED) is 0.260. The molecule has 0 aromatic heterocycles. The van der Waals surface area contributed by atoms with Crippen LogP contribution >= 0.6 is 34.4 Å². The first-order valence-electron chi connectivity index (χ1n) is 5.71. The van der Waals surface area contributed by atoms with Gasteiger partial charge in [0.25, 0.3) is 16.8 Å². The summed E-state index contributed by atoms with van der Waals surface area (Å²) in [5, 5.41) is 20.3. The SMILES string of the molecule is C#CCN1C(=O)S/C(=C/c2cc([N+](=O)[O-])cc(I)c2O)C1=O. The number of nitro groups is 1. The molecule has 7 nitrogen and oxygen atoms in total. The third kappa shape index (κ3) is 3.07. The number of amides is 2. The summed E-state index contributed by atoms with van der Waals surface area (Å²) in [5.74, 6) is 1.42. The third-order valence-corrected chi connectivity index (χ3v) is 4.43. The van der Waals surface area contributed by atoms with Gasteiger partial charge in [0.1, 0.15) is 5.75 Å². The molecule has 112 valence electrons. The maximum Gasteiger partial charge on any atom is 0.294 e. The van der Waals surface area contributed by atoms with Gasteiger partial charge in [0.15, 0.2) is 0 Å². The van der Waals surface area contributed by atoms with Crippen LogP contribution < -0.4 is 0 Å². The van der Waals surface area contributed by atoms with Crippen molar-refractivity contribution in [2.24, 2.45) is 0 Å². The molecule has 1 aromatic rings. The molecule has 1 aliphatic rings. The van der Waals surface area contributed by atoms with E-state index in [9.17, 15) is 24.8 Å². The van der Waals surface area contributed by atoms with Gasteiger partial charge in [-0.15, -0.1) is 6.42 Å². The zero-order chi connectivity index (χ0) is 16.4. The van der Waals surface area contributed by atoms with Gasteiger partial charge in [-0.05, 0) is 40.4 Å². The van der Waals surface area contributed by atoms with E-state index in [-0.39, 0.29) is 32.0 Å². The number of nitrogens with zero attached hydrogens (tertiary/aromatic N) is 2. The lowest BCUT2D eigenvalue weighted by Gasteiger charge is -2.06. The highest BCUT2D eigenvalue weighted by atomic mass is 127. The van der Waals surface area contributed by atoms with Crippen LogP contribution in [0.5, 0.6) is 5.75 Å². The number of imide groups is 1. The van der Waals surface area contributed by atoms with E-state index in [2.05, 4.69) is 5.92 Å². The molecule has 1 heterocycles. The summed E-state index contributed by atoms with van der Waals surface area (Å²) in [6.07, 6.45) is 6.33. The van der Waals surface area contributed by atoms with Gasteiger partial charge < -0.3 is 5.11 Å². The van der Waals surface area contributed by atoms with Crippen molar-refractivity contribution in [3.05, 3.63) is 36.3 Å². The van der Waals surface area contributed by atoms with Gasteiger partial charge in [-0.25, -0.2) is 0 Å². The molecule has 1 saturated heterocycles. The van der Waals surface area contributed by atoms with Crippen LogP contribution in [-0.2, 0) is 4.79 Å². The maximum atomic E-state index is 12.0. The molecule has 0 aliphatic carbocycles. The molecule has 1 aliphatic heterocycles. The largest absolute Gasteiger partial charge is 0.506 e. The van der Waals surface area contributed by atoms with Crippen LogP contribution in [0.2, 0.25) is 0 Å². The van der Waals surface area contributed by atoms with E-state index in [0.717, 1.165) is 11.0 Å². The Bertz CT molecular complexity index is 768. The lowest BCUT2D eigenvalue weighted by molar-refractivity contribution is -0.385. The lowest BCUT2D eigenvalue weighted by atomic mass is 10.1. The Morgan fingerprint density at radius 3 is 2.77 bits per heavy atom. The Hall–Kier alpha value is -2.06. The summed E-state index contributed by atoms with van der Waals surface area (Å²) in [6, 6.07) is 2.34. The van der Waals surface area contributed by atoms with Crippen molar-refractivity contribution < 1.29 is 19.6 Å². The minimum atomic E-state index is -0.608. The number of rotatable bonds is 3. The molecule has 2 amide bonds. The van der Waals surface area contributed by atoms with E-state index < -0.39 is 16.1 Å². The highest BCUT2D eigenvalue weighted by Crippen LogP contribution is 2.36. The van der Waals surface area contributed by atoms with Gasteiger partial charge in [0.2, 0.25) is 0 Å². The van der Waals surface area contributed by atoms with Crippen molar-refractivity contribution in [1.29, 1.82) is 0 Å². The fourth-order valence-electron chi connectivity index (χ4n) is 1.69. The van der Waals surface area contributed by atoms with Crippen LogP contribution in [0.1, 0.15) is 5.56 Å². The molecular weight excluding hydrogens is 423 g/mol. The average molecular weight is 430 g/mol. The molecule has 2 rings (SSSR count).